The first kappa shape index (κ1) is 13.2. The van der Waals surface area contributed by atoms with Crippen molar-refractivity contribution in [3.63, 3.8) is 0 Å². The van der Waals surface area contributed by atoms with Crippen LogP contribution < -0.4 is 5.32 Å². The Kier molecular flexibility index (Phi) is 3.63. The van der Waals surface area contributed by atoms with Gasteiger partial charge in [-0.2, -0.15) is 0 Å². The zero-order valence-corrected chi connectivity index (χ0v) is 12.2. The normalized spacial score (nSPS) is 26.3. The summed E-state index contributed by atoms with van der Waals surface area (Å²) in [4.78, 5) is 7.18. The average Bonchev–Trinajstić information content (AvgIpc) is 3.12. The Morgan fingerprint density at radius 3 is 3.33 bits per heavy atom. The highest BCUT2D eigenvalue weighted by Crippen LogP contribution is 2.22. The first-order valence-corrected chi connectivity index (χ1v) is 7.87. The van der Waals surface area contributed by atoms with Crippen LogP contribution in [0.1, 0.15) is 18.5 Å². The van der Waals surface area contributed by atoms with Crippen LogP contribution in [0.2, 0.25) is 0 Å². The van der Waals surface area contributed by atoms with Crippen molar-refractivity contribution in [3.05, 3.63) is 36.3 Å². The Labute approximate surface area is 124 Å². The molecule has 0 spiro atoms. The second kappa shape index (κ2) is 5.75. The van der Waals surface area contributed by atoms with Gasteiger partial charge >= 0.3 is 0 Å². The lowest BCUT2D eigenvalue weighted by molar-refractivity contribution is -0.0470. The van der Waals surface area contributed by atoms with Crippen LogP contribution in [0.4, 0.5) is 0 Å². The fourth-order valence-electron chi connectivity index (χ4n) is 3.44. The number of nitrogens with zero attached hydrogens (tertiary/aromatic N) is 3. The molecule has 4 rings (SSSR count). The standard InChI is InChI=1S/C16H22N4O/c1-2-6-20-10-13(18-16(20)5-1)8-17-9-15-11-19-7-3-4-14(19)12-21-15/h1-2,5-6,10,14-15,17H,3-4,7-9,11-12H2. The van der Waals surface area contributed by atoms with Gasteiger partial charge < -0.3 is 14.5 Å². The van der Waals surface area contributed by atoms with Crippen LogP contribution in [0, 0.1) is 0 Å². The minimum Gasteiger partial charge on any atom is -0.374 e. The highest BCUT2D eigenvalue weighted by molar-refractivity contribution is 5.39. The van der Waals surface area contributed by atoms with Gasteiger partial charge in [0.1, 0.15) is 5.65 Å². The van der Waals surface area contributed by atoms with Crippen molar-refractivity contribution in [2.75, 3.05) is 26.2 Å². The van der Waals surface area contributed by atoms with Crippen LogP contribution >= 0.6 is 0 Å². The Morgan fingerprint density at radius 2 is 2.38 bits per heavy atom. The van der Waals surface area contributed by atoms with E-state index >= 15 is 0 Å². The summed E-state index contributed by atoms with van der Waals surface area (Å²) in [7, 11) is 0. The van der Waals surface area contributed by atoms with Crippen molar-refractivity contribution in [2.24, 2.45) is 0 Å². The van der Waals surface area contributed by atoms with Gasteiger partial charge in [-0.3, -0.25) is 4.90 Å². The molecular formula is C16H22N4O. The Balaban J connectivity index is 1.29. The number of rotatable bonds is 4. The number of imidazole rings is 1. The zero-order valence-electron chi connectivity index (χ0n) is 12.2. The fraction of sp³-hybridized carbons (Fsp3) is 0.562. The molecule has 0 aliphatic carbocycles. The van der Waals surface area contributed by atoms with E-state index in [1.165, 1.54) is 19.4 Å². The molecule has 0 radical (unpaired) electrons. The third-order valence-electron chi connectivity index (χ3n) is 4.55. The van der Waals surface area contributed by atoms with E-state index in [9.17, 15) is 0 Å². The largest absolute Gasteiger partial charge is 0.374 e. The summed E-state index contributed by atoms with van der Waals surface area (Å²) in [5.74, 6) is 0. The lowest BCUT2D eigenvalue weighted by Gasteiger charge is -2.35. The summed E-state index contributed by atoms with van der Waals surface area (Å²) in [6.07, 6.45) is 7.07. The third-order valence-corrected chi connectivity index (χ3v) is 4.55. The van der Waals surface area contributed by atoms with Crippen LogP contribution in [0.25, 0.3) is 5.65 Å². The van der Waals surface area contributed by atoms with E-state index < -0.39 is 0 Å². The smallest absolute Gasteiger partial charge is 0.137 e. The molecule has 2 atom stereocenters. The van der Waals surface area contributed by atoms with Crippen molar-refractivity contribution >= 4 is 5.65 Å². The molecular weight excluding hydrogens is 264 g/mol. The van der Waals surface area contributed by atoms with Crippen molar-refractivity contribution in [2.45, 2.75) is 31.5 Å². The van der Waals surface area contributed by atoms with E-state index in [4.69, 9.17) is 4.74 Å². The highest BCUT2D eigenvalue weighted by Gasteiger charge is 2.31. The maximum Gasteiger partial charge on any atom is 0.137 e. The van der Waals surface area contributed by atoms with Crippen molar-refractivity contribution in [3.8, 4) is 0 Å². The van der Waals surface area contributed by atoms with Gasteiger partial charge in [-0.1, -0.05) is 6.07 Å². The van der Waals surface area contributed by atoms with Gasteiger partial charge in [-0.25, -0.2) is 4.98 Å². The number of hydrogen-bond acceptors (Lipinski definition) is 4. The molecule has 112 valence electrons. The lowest BCUT2D eigenvalue weighted by atomic mass is 10.2. The van der Waals surface area contributed by atoms with Crippen LogP contribution in [0.15, 0.2) is 30.6 Å². The summed E-state index contributed by atoms with van der Waals surface area (Å²) >= 11 is 0. The minimum absolute atomic E-state index is 0.316. The molecule has 5 nitrogen and oxygen atoms in total. The van der Waals surface area contributed by atoms with Gasteiger partial charge in [0.05, 0.1) is 18.4 Å². The number of morpholine rings is 1. The molecule has 2 saturated heterocycles. The molecule has 0 amide bonds. The second-order valence-corrected chi connectivity index (χ2v) is 6.08. The SMILES string of the molecule is c1ccn2cc(CNCC3CN4CCCC4CO3)nc2c1. The van der Waals surface area contributed by atoms with E-state index in [-0.39, 0.29) is 0 Å². The van der Waals surface area contributed by atoms with Crippen LogP contribution in [-0.2, 0) is 11.3 Å². The fourth-order valence-corrected chi connectivity index (χ4v) is 3.44. The van der Waals surface area contributed by atoms with Crippen LogP contribution in [-0.4, -0.2) is 52.7 Å². The maximum absolute atomic E-state index is 5.96. The third kappa shape index (κ3) is 2.81. The molecule has 2 aromatic rings. The summed E-state index contributed by atoms with van der Waals surface area (Å²) in [6, 6.07) is 6.75. The Morgan fingerprint density at radius 1 is 1.38 bits per heavy atom. The van der Waals surface area contributed by atoms with Gasteiger partial charge in [-0.05, 0) is 31.5 Å². The number of nitrogens with one attached hydrogen (secondary N) is 1. The predicted molar refractivity (Wildman–Crippen MR) is 81.2 cm³/mol. The Hall–Kier alpha value is -1.43. The monoisotopic (exact) mass is 286 g/mol. The predicted octanol–water partition coefficient (Wildman–Crippen LogP) is 1.29. The minimum atomic E-state index is 0.316. The van der Waals surface area contributed by atoms with E-state index in [2.05, 4.69) is 25.8 Å². The van der Waals surface area contributed by atoms with Gasteiger partial charge in [0.15, 0.2) is 0 Å². The summed E-state index contributed by atoms with van der Waals surface area (Å²) in [5.41, 5.74) is 2.08. The van der Waals surface area contributed by atoms with Crippen LogP contribution in [0.3, 0.4) is 0 Å². The molecule has 0 bridgehead atoms. The molecule has 2 fully saturated rings. The highest BCUT2D eigenvalue weighted by atomic mass is 16.5. The lowest BCUT2D eigenvalue weighted by Crippen LogP contribution is -2.49. The molecule has 0 saturated carbocycles. The average molecular weight is 286 g/mol. The number of aromatic nitrogens is 2. The van der Waals surface area contributed by atoms with E-state index in [0.717, 1.165) is 37.6 Å². The van der Waals surface area contributed by atoms with Crippen molar-refractivity contribution in [1.29, 1.82) is 0 Å². The molecule has 1 N–H and O–H groups in total. The number of ether oxygens (including phenoxy) is 1. The molecule has 0 aromatic carbocycles. The molecule has 2 aromatic heterocycles. The number of fused-ring (bicyclic) bond motifs is 2. The molecule has 5 heteroatoms. The maximum atomic E-state index is 5.96. The van der Waals surface area contributed by atoms with E-state index in [1.54, 1.807) is 0 Å². The first-order chi connectivity index (χ1) is 10.4. The van der Waals surface area contributed by atoms with Gasteiger partial charge in [0.25, 0.3) is 0 Å². The molecule has 21 heavy (non-hydrogen) atoms. The first-order valence-electron chi connectivity index (χ1n) is 7.87. The van der Waals surface area contributed by atoms with E-state index in [0.29, 0.717) is 12.1 Å². The second-order valence-electron chi connectivity index (χ2n) is 6.08. The molecule has 4 heterocycles. The van der Waals surface area contributed by atoms with Crippen molar-refractivity contribution in [1.82, 2.24) is 19.6 Å². The number of hydrogen-bond donors (Lipinski definition) is 1. The quantitative estimate of drug-likeness (QED) is 0.919. The van der Waals surface area contributed by atoms with E-state index in [1.807, 2.05) is 24.4 Å². The Bertz CT molecular complexity index is 578. The number of pyridine rings is 1. The zero-order chi connectivity index (χ0) is 14.1. The topological polar surface area (TPSA) is 41.8 Å². The molecule has 2 aliphatic rings. The molecule has 2 aliphatic heterocycles. The summed E-state index contributed by atoms with van der Waals surface area (Å²) < 4.78 is 8.02. The van der Waals surface area contributed by atoms with Gasteiger partial charge in [-0.15, -0.1) is 0 Å². The van der Waals surface area contributed by atoms with Gasteiger partial charge in [0, 0.05) is 38.1 Å². The summed E-state index contributed by atoms with van der Waals surface area (Å²) in [5, 5.41) is 3.48. The van der Waals surface area contributed by atoms with Crippen LogP contribution in [0.5, 0.6) is 0 Å². The van der Waals surface area contributed by atoms with Gasteiger partial charge in [0.2, 0.25) is 0 Å². The summed E-state index contributed by atoms with van der Waals surface area (Å²) in [6.45, 7) is 4.92. The molecule has 2 unspecified atom stereocenters. The van der Waals surface area contributed by atoms with Crippen molar-refractivity contribution < 1.29 is 4.74 Å².